The molecule has 2 aromatic rings. The highest BCUT2D eigenvalue weighted by molar-refractivity contribution is 5.35. The minimum atomic E-state index is 0.105. The first-order valence-electron chi connectivity index (χ1n) is 6.63. The van der Waals surface area contributed by atoms with Crippen molar-refractivity contribution in [2.75, 3.05) is 7.11 Å². The predicted octanol–water partition coefficient (Wildman–Crippen LogP) is 2.96. The SMILES string of the molecule is COc1ccccc1[C@H](C)NCc1nc(C)ccc1O. The molecule has 0 aliphatic rings. The topological polar surface area (TPSA) is 54.4 Å². The first kappa shape index (κ1) is 14.3. The zero-order valence-electron chi connectivity index (χ0n) is 12.1. The summed E-state index contributed by atoms with van der Waals surface area (Å²) >= 11 is 0. The highest BCUT2D eigenvalue weighted by Crippen LogP contribution is 2.25. The molecule has 1 heterocycles. The molecular weight excluding hydrogens is 252 g/mol. The monoisotopic (exact) mass is 272 g/mol. The van der Waals surface area contributed by atoms with Crippen LogP contribution < -0.4 is 10.1 Å². The van der Waals surface area contributed by atoms with Gasteiger partial charge in [0.2, 0.25) is 0 Å². The van der Waals surface area contributed by atoms with Gasteiger partial charge < -0.3 is 15.2 Å². The molecule has 2 rings (SSSR count). The molecule has 1 aromatic carbocycles. The molecule has 2 N–H and O–H groups in total. The average molecular weight is 272 g/mol. The molecule has 4 heteroatoms. The number of aryl methyl sites for hydroxylation is 1. The molecule has 106 valence electrons. The minimum absolute atomic E-state index is 0.105. The van der Waals surface area contributed by atoms with Crippen molar-refractivity contribution in [1.29, 1.82) is 0 Å². The van der Waals surface area contributed by atoms with Crippen molar-refractivity contribution in [2.24, 2.45) is 0 Å². The van der Waals surface area contributed by atoms with Crippen LogP contribution >= 0.6 is 0 Å². The number of nitrogens with one attached hydrogen (secondary N) is 1. The van der Waals surface area contributed by atoms with Crippen molar-refractivity contribution in [1.82, 2.24) is 10.3 Å². The van der Waals surface area contributed by atoms with E-state index in [0.717, 1.165) is 17.0 Å². The van der Waals surface area contributed by atoms with Crippen LogP contribution in [0.5, 0.6) is 11.5 Å². The fourth-order valence-corrected chi connectivity index (χ4v) is 2.12. The average Bonchev–Trinajstić information content (AvgIpc) is 2.47. The third kappa shape index (κ3) is 3.27. The smallest absolute Gasteiger partial charge is 0.138 e. The molecule has 0 unspecified atom stereocenters. The van der Waals surface area contributed by atoms with Gasteiger partial charge in [-0.3, -0.25) is 4.98 Å². The van der Waals surface area contributed by atoms with E-state index < -0.39 is 0 Å². The zero-order chi connectivity index (χ0) is 14.5. The number of aromatic nitrogens is 1. The third-order valence-electron chi connectivity index (χ3n) is 3.27. The van der Waals surface area contributed by atoms with E-state index in [-0.39, 0.29) is 11.8 Å². The highest BCUT2D eigenvalue weighted by Gasteiger charge is 2.11. The summed E-state index contributed by atoms with van der Waals surface area (Å²) in [7, 11) is 1.67. The van der Waals surface area contributed by atoms with Crippen molar-refractivity contribution < 1.29 is 9.84 Å². The minimum Gasteiger partial charge on any atom is -0.506 e. The number of hydrogen-bond donors (Lipinski definition) is 2. The number of nitrogens with zero attached hydrogens (tertiary/aromatic N) is 1. The van der Waals surface area contributed by atoms with Crippen LogP contribution in [0.15, 0.2) is 36.4 Å². The van der Waals surface area contributed by atoms with Crippen molar-refractivity contribution in [3.63, 3.8) is 0 Å². The van der Waals surface area contributed by atoms with Crippen molar-refractivity contribution in [3.8, 4) is 11.5 Å². The van der Waals surface area contributed by atoms with Gasteiger partial charge in [0, 0.05) is 23.8 Å². The van der Waals surface area contributed by atoms with Crippen LogP contribution in [0, 0.1) is 6.92 Å². The molecule has 0 saturated heterocycles. The Morgan fingerprint density at radius 2 is 2.00 bits per heavy atom. The summed E-state index contributed by atoms with van der Waals surface area (Å²) in [5.41, 5.74) is 2.64. The number of para-hydroxylation sites is 1. The Morgan fingerprint density at radius 1 is 1.25 bits per heavy atom. The molecular formula is C16H20N2O2. The first-order chi connectivity index (χ1) is 9.61. The molecule has 0 saturated carbocycles. The van der Waals surface area contributed by atoms with Crippen LogP contribution in [-0.2, 0) is 6.54 Å². The zero-order valence-corrected chi connectivity index (χ0v) is 12.1. The second-order valence-electron chi connectivity index (χ2n) is 4.76. The molecule has 4 nitrogen and oxygen atoms in total. The van der Waals surface area contributed by atoms with Crippen molar-refractivity contribution in [2.45, 2.75) is 26.4 Å². The molecule has 1 aromatic heterocycles. The van der Waals surface area contributed by atoms with Crippen LogP contribution in [0.4, 0.5) is 0 Å². The number of hydrogen-bond acceptors (Lipinski definition) is 4. The van der Waals surface area contributed by atoms with Crippen LogP contribution in [0.25, 0.3) is 0 Å². The number of benzene rings is 1. The highest BCUT2D eigenvalue weighted by atomic mass is 16.5. The molecule has 20 heavy (non-hydrogen) atoms. The van der Waals surface area contributed by atoms with E-state index in [1.807, 2.05) is 31.2 Å². The van der Waals surface area contributed by atoms with Gasteiger partial charge in [0.05, 0.1) is 12.8 Å². The molecule has 0 amide bonds. The van der Waals surface area contributed by atoms with E-state index in [1.54, 1.807) is 19.2 Å². The molecule has 0 bridgehead atoms. The maximum Gasteiger partial charge on any atom is 0.138 e. The van der Waals surface area contributed by atoms with Gasteiger partial charge in [0.25, 0.3) is 0 Å². The predicted molar refractivity (Wildman–Crippen MR) is 78.9 cm³/mol. The van der Waals surface area contributed by atoms with Crippen LogP contribution in [0.1, 0.15) is 29.9 Å². The Kier molecular flexibility index (Phi) is 4.58. The van der Waals surface area contributed by atoms with E-state index >= 15 is 0 Å². The summed E-state index contributed by atoms with van der Waals surface area (Å²) in [6.45, 7) is 4.48. The second kappa shape index (κ2) is 6.39. The van der Waals surface area contributed by atoms with E-state index in [0.29, 0.717) is 12.2 Å². The van der Waals surface area contributed by atoms with Crippen LogP contribution in [0.2, 0.25) is 0 Å². The van der Waals surface area contributed by atoms with Gasteiger partial charge >= 0.3 is 0 Å². The van der Waals surface area contributed by atoms with Gasteiger partial charge in [-0.25, -0.2) is 0 Å². The van der Waals surface area contributed by atoms with E-state index in [9.17, 15) is 5.11 Å². The number of ether oxygens (including phenoxy) is 1. The Hall–Kier alpha value is -2.07. The second-order valence-corrected chi connectivity index (χ2v) is 4.76. The lowest BCUT2D eigenvalue weighted by atomic mass is 10.1. The fraction of sp³-hybridized carbons (Fsp3) is 0.312. The molecule has 0 radical (unpaired) electrons. The Morgan fingerprint density at radius 3 is 2.75 bits per heavy atom. The van der Waals surface area contributed by atoms with Gasteiger partial charge in [0.1, 0.15) is 11.5 Å². The lowest BCUT2D eigenvalue weighted by Crippen LogP contribution is -2.19. The fourth-order valence-electron chi connectivity index (χ4n) is 2.12. The van der Waals surface area contributed by atoms with Gasteiger partial charge in [-0.15, -0.1) is 0 Å². The Bertz CT molecular complexity index is 584. The van der Waals surface area contributed by atoms with Crippen LogP contribution in [0.3, 0.4) is 0 Å². The Balaban J connectivity index is 2.08. The molecule has 1 atom stereocenters. The summed E-state index contributed by atoms with van der Waals surface area (Å²) in [5, 5.41) is 13.1. The van der Waals surface area contributed by atoms with E-state index in [1.165, 1.54) is 0 Å². The first-order valence-corrected chi connectivity index (χ1v) is 6.63. The third-order valence-corrected chi connectivity index (χ3v) is 3.27. The lowest BCUT2D eigenvalue weighted by molar-refractivity contribution is 0.400. The largest absolute Gasteiger partial charge is 0.506 e. The normalized spacial score (nSPS) is 12.2. The molecule has 0 aliphatic heterocycles. The molecule has 0 aliphatic carbocycles. The number of pyridine rings is 1. The molecule has 0 spiro atoms. The summed E-state index contributed by atoms with van der Waals surface area (Å²) in [6.07, 6.45) is 0. The summed E-state index contributed by atoms with van der Waals surface area (Å²) in [4.78, 5) is 4.34. The summed E-state index contributed by atoms with van der Waals surface area (Å²) in [5.74, 6) is 1.07. The lowest BCUT2D eigenvalue weighted by Gasteiger charge is -2.17. The Labute approximate surface area is 119 Å². The summed E-state index contributed by atoms with van der Waals surface area (Å²) < 4.78 is 5.36. The summed E-state index contributed by atoms with van der Waals surface area (Å²) in [6, 6.07) is 11.5. The molecule has 0 fully saturated rings. The maximum atomic E-state index is 9.79. The van der Waals surface area contributed by atoms with E-state index in [4.69, 9.17) is 4.74 Å². The number of rotatable bonds is 5. The maximum absolute atomic E-state index is 9.79. The standard InChI is InChI=1S/C16H20N2O2/c1-11-8-9-15(19)14(18-11)10-17-12(2)13-6-4-5-7-16(13)20-3/h4-9,12,17,19H,10H2,1-3H3/t12-/m0/s1. The van der Waals surface area contributed by atoms with Crippen molar-refractivity contribution in [3.05, 3.63) is 53.3 Å². The van der Waals surface area contributed by atoms with E-state index in [2.05, 4.69) is 17.2 Å². The number of aromatic hydroxyl groups is 1. The van der Waals surface area contributed by atoms with Gasteiger partial charge in [-0.1, -0.05) is 18.2 Å². The number of methoxy groups -OCH3 is 1. The van der Waals surface area contributed by atoms with Gasteiger partial charge in [0.15, 0.2) is 0 Å². The van der Waals surface area contributed by atoms with Crippen molar-refractivity contribution >= 4 is 0 Å². The van der Waals surface area contributed by atoms with Gasteiger partial charge in [-0.05, 0) is 32.0 Å². The quantitative estimate of drug-likeness (QED) is 0.878. The van der Waals surface area contributed by atoms with Crippen LogP contribution in [-0.4, -0.2) is 17.2 Å². The van der Waals surface area contributed by atoms with Gasteiger partial charge in [-0.2, -0.15) is 0 Å².